The van der Waals surface area contributed by atoms with Gasteiger partial charge in [0.25, 0.3) is 0 Å². The van der Waals surface area contributed by atoms with Gasteiger partial charge in [-0.3, -0.25) is 4.79 Å². The van der Waals surface area contributed by atoms with Gasteiger partial charge < -0.3 is 14.8 Å². The van der Waals surface area contributed by atoms with Gasteiger partial charge in [0, 0.05) is 28.2 Å². The molecule has 0 saturated heterocycles. The highest BCUT2D eigenvalue weighted by atomic mass is 35.5. The van der Waals surface area contributed by atoms with Crippen LogP contribution in [-0.2, 0) is 11.2 Å². The maximum Gasteiger partial charge on any atom is 0.228 e. The van der Waals surface area contributed by atoms with Crippen molar-refractivity contribution in [2.24, 2.45) is 0 Å². The minimum Gasteiger partial charge on any atom is -0.490 e. The molecule has 1 N–H and O–H groups in total. The minimum atomic E-state index is -0.163. The maximum absolute atomic E-state index is 12.2. The summed E-state index contributed by atoms with van der Waals surface area (Å²) in [6.07, 6.45) is 1.01. The molecular weight excluding hydrogens is 337 g/mol. The zero-order chi connectivity index (χ0) is 16.2. The Hall–Kier alpha value is -1.91. The fourth-order valence-corrected chi connectivity index (χ4v) is 2.76. The van der Waals surface area contributed by atoms with Crippen LogP contribution in [0, 0.1) is 0 Å². The number of halogens is 2. The van der Waals surface area contributed by atoms with Crippen LogP contribution in [0.4, 0.5) is 5.69 Å². The molecule has 2 aromatic rings. The van der Waals surface area contributed by atoms with Crippen molar-refractivity contribution in [2.45, 2.75) is 12.8 Å². The summed E-state index contributed by atoms with van der Waals surface area (Å²) in [5, 5.41) is 3.86. The van der Waals surface area contributed by atoms with Gasteiger partial charge in [-0.1, -0.05) is 29.3 Å². The number of carbonyl (C=O) groups excluding carboxylic acids is 1. The predicted molar refractivity (Wildman–Crippen MR) is 90.8 cm³/mol. The lowest BCUT2D eigenvalue weighted by atomic mass is 10.1. The van der Waals surface area contributed by atoms with E-state index in [0.717, 1.165) is 12.0 Å². The zero-order valence-corrected chi connectivity index (χ0v) is 13.8. The topological polar surface area (TPSA) is 47.6 Å². The molecule has 3 rings (SSSR count). The molecular formula is C17H15Cl2NO3. The molecule has 0 atom stereocenters. The molecule has 1 aliphatic rings. The molecule has 1 amide bonds. The van der Waals surface area contributed by atoms with E-state index in [0.29, 0.717) is 40.4 Å². The van der Waals surface area contributed by atoms with Crippen molar-refractivity contribution in [3.63, 3.8) is 0 Å². The first-order valence-corrected chi connectivity index (χ1v) is 8.01. The van der Waals surface area contributed by atoms with E-state index in [1.54, 1.807) is 36.4 Å². The van der Waals surface area contributed by atoms with Gasteiger partial charge in [0.2, 0.25) is 5.91 Å². The third-order valence-corrected chi connectivity index (χ3v) is 3.98. The molecule has 0 bridgehead atoms. The van der Waals surface area contributed by atoms with E-state index in [1.807, 2.05) is 0 Å². The Morgan fingerprint density at radius 2 is 1.83 bits per heavy atom. The van der Waals surface area contributed by atoms with E-state index in [9.17, 15) is 4.79 Å². The van der Waals surface area contributed by atoms with E-state index in [4.69, 9.17) is 32.7 Å². The first-order valence-electron chi connectivity index (χ1n) is 7.25. The fourth-order valence-electron chi connectivity index (χ4n) is 2.28. The first kappa shape index (κ1) is 16.0. The molecule has 23 heavy (non-hydrogen) atoms. The van der Waals surface area contributed by atoms with Crippen molar-refractivity contribution in [3.05, 3.63) is 52.0 Å². The normalized spacial score (nSPS) is 13.3. The summed E-state index contributed by atoms with van der Waals surface area (Å²) >= 11 is 11.9. The average molecular weight is 352 g/mol. The van der Waals surface area contributed by atoms with E-state index >= 15 is 0 Å². The third kappa shape index (κ3) is 4.09. The Balaban J connectivity index is 1.69. The summed E-state index contributed by atoms with van der Waals surface area (Å²) in [6, 6.07) is 10.4. The van der Waals surface area contributed by atoms with Crippen molar-refractivity contribution in [2.75, 3.05) is 18.5 Å². The van der Waals surface area contributed by atoms with Gasteiger partial charge >= 0.3 is 0 Å². The summed E-state index contributed by atoms with van der Waals surface area (Å²) < 4.78 is 11.2. The number of hydrogen-bond acceptors (Lipinski definition) is 3. The van der Waals surface area contributed by atoms with Crippen molar-refractivity contribution in [3.8, 4) is 11.5 Å². The highest BCUT2D eigenvalue weighted by Crippen LogP contribution is 2.32. The predicted octanol–water partition coefficient (Wildman–Crippen LogP) is 4.34. The van der Waals surface area contributed by atoms with Crippen molar-refractivity contribution < 1.29 is 14.3 Å². The van der Waals surface area contributed by atoms with E-state index in [-0.39, 0.29) is 12.3 Å². The van der Waals surface area contributed by atoms with Gasteiger partial charge in [-0.15, -0.1) is 0 Å². The van der Waals surface area contributed by atoms with Crippen molar-refractivity contribution in [1.82, 2.24) is 0 Å². The molecule has 0 radical (unpaired) electrons. The van der Waals surface area contributed by atoms with Crippen LogP contribution in [0.15, 0.2) is 36.4 Å². The van der Waals surface area contributed by atoms with Gasteiger partial charge in [0.15, 0.2) is 11.5 Å². The molecule has 0 aliphatic carbocycles. The lowest BCUT2D eigenvalue weighted by Gasteiger charge is -2.11. The Labute approximate surface area is 144 Å². The number of nitrogens with one attached hydrogen (secondary N) is 1. The van der Waals surface area contributed by atoms with Gasteiger partial charge in [-0.05, 0) is 29.8 Å². The lowest BCUT2D eigenvalue weighted by Crippen LogP contribution is -2.14. The summed E-state index contributed by atoms with van der Waals surface area (Å²) in [6.45, 7) is 1.23. The maximum atomic E-state index is 12.2. The van der Waals surface area contributed by atoms with Crippen molar-refractivity contribution >= 4 is 34.8 Å². The summed E-state index contributed by atoms with van der Waals surface area (Å²) in [5.74, 6) is 1.18. The number of benzene rings is 2. The standard InChI is InChI=1S/C17H15Cl2NO3/c18-12-3-2-11(14(19)9-12)8-17(21)20-13-4-5-15-16(10-13)23-7-1-6-22-15/h2-5,9-10H,1,6-8H2,(H,20,21). The molecule has 0 fully saturated rings. The van der Waals surface area contributed by atoms with E-state index in [2.05, 4.69) is 5.32 Å². The molecule has 1 aliphatic heterocycles. The Bertz CT molecular complexity index is 734. The second-order valence-electron chi connectivity index (χ2n) is 5.17. The van der Waals surface area contributed by atoms with Crippen LogP contribution in [0.2, 0.25) is 10.0 Å². The van der Waals surface area contributed by atoms with Crippen LogP contribution in [0.1, 0.15) is 12.0 Å². The third-order valence-electron chi connectivity index (χ3n) is 3.40. The van der Waals surface area contributed by atoms with Crippen molar-refractivity contribution in [1.29, 1.82) is 0 Å². The number of amides is 1. The summed E-state index contributed by atoms with van der Waals surface area (Å²) in [7, 11) is 0. The highest BCUT2D eigenvalue weighted by Gasteiger charge is 2.13. The van der Waals surface area contributed by atoms with Crippen LogP contribution >= 0.6 is 23.2 Å². The number of rotatable bonds is 3. The molecule has 6 heteroatoms. The summed E-state index contributed by atoms with van der Waals surface area (Å²) in [5.41, 5.74) is 1.38. The molecule has 4 nitrogen and oxygen atoms in total. The van der Waals surface area contributed by atoms with Crippen LogP contribution in [0.25, 0.3) is 0 Å². The average Bonchev–Trinajstić information content (AvgIpc) is 2.75. The quantitative estimate of drug-likeness (QED) is 0.894. The molecule has 0 saturated carbocycles. The van der Waals surface area contributed by atoms with Crippen LogP contribution in [0.5, 0.6) is 11.5 Å². The van der Waals surface area contributed by atoms with Gasteiger partial charge in [-0.25, -0.2) is 0 Å². The molecule has 0 aromatic heterocycles. The van der Waals surface area contributed by atoms with E-state index < -0.39 is 0 Å². The SMILES string of the molecule is O=C(Cc1ccc(Cl)cc1Cl)Nc1ccc2c(c1)OCCCO2. The second-order valence-corrected chi connectivity index (χ2v) is 6.02. The highest BCUT2D eigenvalue weighted by molar-refractivity contribution is 6.35. The van der Waals surface area contributed by atoms with Crippen LogP contribution in [-0.4, -0.2) is 19.1 Å². The molecule has 0 unspecified atom stereocenters. The molecule has 2 aromatic carbocycles. The van der Waals surface area contributed by atoms with E-state index in [1.165, 1.54) is 0 Å². The van der Waals surface area contributed by atoms with Gasteiger partial charge in [0.1, 0.15) is 0 Å². The molecule has 1 heterocycles. The molecule has 120 valence electrons. The Morgan fingerprint density at radius 1 is 1.04 bits per heavy atom. The lowest BCUT2D eigenvalue weighted by molar-refractivity contribution is -0.115. The monoisotopic (exact) mass is 351 g/mol. The van der Waals surface area contributed by atoms with Gasteiger partial charge in [0.05, 0.1) is 19.6 Å². The number of fused-ring (bicyclic) bond motifs is 1. The minimum absolute atomic E-state index is 0.163. The summed E-state index contributed by atoms with van der Waals surface area (Å²) in [4.78, 5) is 12.2. The Morgan fingerprint density at radius 3 is 2.61 bits per heavy atom. The zero-order valence-electron chi connectivity index (χ0n) is 12.3. The molecule has 0 spiro atoms. The number of hydrogen-bond donors (Lipinski definition) is 1. The Kier molecular flexibility index (Phi) is 4.94. The second kappa shape index (κ2) is 7.11. The fraction of sp³-hybridized carbons (Fsp3) is 0.235. The number of anilines is 1. The van der Waals surface area contributed by atoms with Crippen LogP contribution < -0.4 is 14.8 Å². The largest absolute Gasteiger partial charge is 0.490 e. The number of carbonyl (C=O) groups is 1. The number of ether oxygens (including phenoxy) is 2. The smallest absolute Gasteiger partial charge is 0.228 e. The van der Waals surface area contributed by atoms with Gasteiger partial charge in [-0.2, -0.15) is 0 Å². The first-order chi connectivity index (χ1) is 11.1. The van der Waals surface area contributed by atoms with Crippen LogP contribution in [0.3, 0.4) is 0 Å².